The van der Waals surface area contributed by atoms with Crippen LogP contribution in [0.1, 0.15) is 32.6 Å². The van der Waals surface area contributed by atoms with Crippen LogP contribution >= 0.6 is 11.6 Å². The molecule has 0 aliphatic carbocycles. The van der Waals surface area contributed by atoms with Gasteiger partial charge in [-0.15, -0.1) is 0 Å². The van der Waals surface area contributed by atoms with E-state index in [1.165, 1.54) is 24.4 Å². The summed E-state index contributed by atoms with van der Waals surface area (Å²) in [6.07, 6.45) is -2.92. The van der Waals surface area contributed by atoms with Crippen molar-refractivity contribution in [1.29, 1.82) is 0 Å². The number of carbonyl (C=O) groups excluding carboxylic acids is 1. The molecule has 1 aromatic heterocycles. The molecule has 1 amide bonds. The minimum absolute atomic E-state index is 0.0000567. The zero-order valence-electron chi connectivity index (χ0n) is 18.4. The number of amides is 1. The van der Waals surface area contributed by atoms with E-state index < -0.39 is 23.7 Å². The number of hydrogen-bond acceptors (Lipinski definition) is 5. The maximum absolute atomic E-state index is 13.1. The van der Waals surface area contributed by atoms with Gasteiger partial charge < -0.3 is 14.9 Å². The van der Waals surface area contributed by atoms with Gasteiger partial charge in [0.15, 0.2) is 5.75 Å². The number of halogens is 4. The molecular formula is C24H23ClF3N3O3. The van der Waals surface area contributed by atoms with E-state index in [1.807, 2.05) is 32.0 Å². The van der Waals surface area contributed by atoms with Gasteiger partial charge in [-0.2, -0.15) is 13.2 Å². The number of aryl methyl sites for hydroxylation is 2. The minimum atomic E-state index is -4.54. The molecule has 0 saturated heterocycles. The predicted octanol–water partition coefficient (Wildman–Crippen LogP) is 5.39. The highest BCUT2D eigenvalue weighted by molar-refractivity contribution is 6.29. The number of ether oxygens (including phenoxy) is 1. The summed E-state index contributed by atoms with van der Waals surface area (Å²) in [6, 6.07) is 11.0. The van der Waals surface area contributed by atoms with Crippen LogP contribution in [0.5, 0.6) is 11.5 Å². The van der Waals surface area contributed by atoms with Crippen LogP contribution in [0.2, 0.25) is 5.15 Å². The molecule has 0 saturated carbocycles. The Hall–Kier alpha value is -3.14. The number of aromatic nitrogens is 1. The first-order valence-corrected chi connectivity index (χ1v) is 10.6. The molecule has 0 fully saturated rings. The Balaban J connectivity index is 1.84. The van der Waals surface area contributed by atoms with Crippen molar-refractivity contribution in [2.24, 2.45) is 5.90 Å². The van der Waals surface area contributed by atoms with E-state index in [4.69, 9.17) is 27.1 Å². The fourth-order valence-electron chi connectivity index (χ4n) is 3.41. The maximum atomic E-state index is 13.1. The minimum Gasteiger partial charge on any atom is -0.455 e. The van der Waals surface area contributed by atoms with Gasteiger partial charge in [-0.05, 0) is 55.7 Å². The van der Waals surface area contributed by atoms with Gasteiger partial charge in [0.1, 0.15) is 10.9 Å². The van der Waals surface area contributed by atoms with Crippen molar-refractivity contribution in [3.63, 3.8) is 0 Å². The largest absolute Gasteiger partial charge is 0.455 e. The summed E-state index contributed by atoms with van der Waals surface area (Å²) in [5, 5.41) is 2.84. The number of alkyl halides is 3. The quantitative estimate of drug-likeness (QED) is 0.324. The van der Waals surface area contributed by atoms with Crippen molar-refractivity contribution >= 4 is 17.5 Å². The molecular weight excluding hydrogens is 471 g/mol. The van der Waals surface area contributed by atoms with E-state index in [-0.39, 0.29) is 28.8 Å². The van der Waals surface area contributed by atoms with Crippen LogP contribution in [0.3, 0.4) is 0 Å². The molecule has 34 heavy (non-hydrogen) atoms. The van der Waals surface area contributed by atoms with Crippen LogP contribution in [0, 0.1) is 13.8 Å². The summed E-state index contributed by atoms with van der Waals surface area (Å²) in [5.41, 5.74) is 2.28. The van der Waals surface area contributed by atoms with Crippen molar-refractivity contribution in [1.82, 2.24) is 10.3 Å². The first kappa shape index (κ1) is 25.5. The number of nitrogens with two attached hydrogens (primary N) is 1. The van der Waals surface area contributed by atoms with E-state index in [2.05, 4.69) is 10.3 Å². The number of benzene rings is 2. The molecule has 0 unspecified atom stereocenters. The molecule has 1 heterocycles. The molecule has 0 bridgehead atoms. The number of pyridine rings is 1. The molecule has 0 radical (unpaired) electrons. The second-order valence-corrected chi connectivity index (χ2v) is 8.16. The molecule has 0 aliphatic rings. The fourth-order valence-corrected chi connectivity index (χ4v) is 3.57. The van der Waals surface area contributed by atoms with Gasteiger partial charge in [-0.3, -0.25) is 4.79 Å². The van der Waals surface area contributed by atoms with E-state index in [0.717, 1.165) is 28.8 Å². The lowest BCUT2D eigenvalue weighted by atomic mass is 9.99. The second-order valence-electron chi connectivity index (χ2n) is 7.77. The molecule has 6 nitrogen and oxygen atoms in total. The molecule has 10 heteroatoms. The highest BCUT2D eigenvalue weighted by Gasteiger charge is 2.31. The van der Waals surface area contributed by atoms with Crippen LogP contribution in [-0.4, -0.2) is 23.5 Å². The van der Waals surface area contributed by atoms with Gasteiger partial charge in [0.2, 0.25) is 0 Å². The first-order chi connectivity index (χ1) is 16.1. The third-order valence-electron chi connectivity index (χ3n) is 5.06. The standard InChI is InChI=1S/C24H23ClF3N3O3/c1-14-6-7-16(15(2)8-14)9-18(13-33-29)31-23(32)20-11-22(25)30-12-21(20)34-19-5-3-4-17(10-19)24(26,27)28/h3-8,10-12,18H,9,13,29H2,1-2H3,(H,31,32)/t18-/m1/s1. The van der Waals surface area contributed by atoms with Crippen molar-refractivity contribution in [3.8, 4) is 11.5 Å². The Morgan fingerprint density at radius 2 is 1.94 bits per heavy atom. The van der Waals surface area contributed by atoms with Crippen LogP contribution in [0.4, 0.5) is 13.2 Å². The molecule has 3 aromatic rings. The van der Waals surface area contributed by atoms with E-state index in [1.54, 1.807) is 0 Å². The second kappa shape index (κ2) is 10.9. The summed E-state index contributed by atoms with van der Waals surface area (Å²) < 4.78 is 44.7. The number of carbonyl (C=O) groups is 1. The van der Waals surface area contributed by atoms with Gasteiger partial charge in [0, 0.05) is 0 Å². The van der Waals surface area contributed by atoms with Crippen LogP contribution < -0.4 is 16.0 Å². The average Bonchev–Trinajstić information content (AvgIpc) is 2.76. The Kier molecular flexibility index (Phi) is 8.14. The Morgan fingerprint density at radius 1 is 1.18 bits per heavy atom. The van der Waals surface area contributed by atoms with Gasteiger partial charge in [-0.25, -0.2) is 10.9 Å². The lowest BCUT2D eigenvalue weighted by Crippen LogP contribution is -2.40. The van der Waals surface area contributed by atoms with Gasteiger partial charge in [0.25, 0.3) is 5.91 Å². The van der Waals surface area contributed by atoms with Gasteiger partial charge in [-0.1, -0.05) is 41.4 Å². The average molecular weight is 494 g/mol. The Bertz CT molecular complexity index is 1170. The third-order valence-corrected chi connectivity index (χ3v) is 5.27. The summed E-state index contributed by atoms with van der Waals surface area (Å²) >= 11 is 5.97. The number of nitrogens with zero attached hydrogens (tertiary/aromatic N) is 1. The smallest absolute Gasteiger partial charge is 0.416 e. The van der Waals surface area contributed by atoms with E-state index in [9.17, 15) is 18.0 Å². The van der Waals surface area contributed by atoms with Crippen LogP contribution in [0.15, 0.2) is 54.7 Å². The third kappa shape index (κ3) is 6.69. The molecule has 3 N–H and O–H groups in total. The lowest BCUT2D eigenvalue weighted by molar-refractivity contribution is -0.137. The summed E-state index contributed by atoms with van der Waals surface area (Å²) in [7, 11) is 0. The molecule has 0 aliphatic heterocycles. The molecule has 180 valence electrons. The Labute approximate surface area is 199 Å². The molecule has 2 aromatic carbocycles. The first-order valence-electron chi connectivity index (χ1n) is 10.3. The monoisotopic (exact) mass is 493 g/mol. The summed E-state index contributed by atoms with van der Waals surface area (Å²) in [5.74, 6) is 4.53. The number of nitrogens with one attached hydrogen (secondary N) is 1. The number of rotatable bonds is 8. The van der Waals surface area contributed by atoms with Crippen molar-refractivity contribution in [2.45, 2.75) is 32.5 Å². The Morgan fingerprint density at radius 3 is 2.62 bits per heavy atom. The van der Waals surface area contributed by atoms with Gasteiger partial charge >= 0.3 is 6.18 Å². The highest BCUT2D eigenvalue weighted by atomic mass is 35.5. The normalized spacial score (nSPS) is 12.3. The van der Waals surface area contributed by atoms with Crippen LogP contribution in [-0.2, 0) is 17.4 Å². The topological polar surface area (TPSA) is 86.5 Å². The van der Waals surface area contributed by atoms with Crippen molar-refractivity contribution in [2.75, 3.05) is 6.61 Å². The zero-order chi connectivity index (χ0) is 24.9. The molecule has 3 rings (SSSR count). The van der Waals surface area contributed by atoms with Gasteiger partial charge in [0.05, 0.1) is 30.0 Å². The number of hydrogen-bond donors (Lipinski definition) is 2. The van der Waals surface area contributed by atoms with E-state index in [0.29, 0.717) is 6.42 Å². The predicted molar refractivity (Wildman–Crippen MR) is 122 cm³/mol. The zero-order valence-corrected chi connectivity index (χ0v) is 19.2. The van der Waals surface area contributed by atoms with E-state index >= 15 is 0 Å². The molecule has 0 spiro atoms. The summed E-state index contributed by atoms with van der Waals surface area (Å²) in [6.45, 7) is 3.98. The molecule has 1 atom stereocenters. The van der Waals surface area contributed by atoms with Crippen LogP contribution in [0.25, 0.3) is 0 Å². The van der Waals surface area contributed by atoms with Crippen molar-refractivity contribution < 1.29 is 27.5 Å². The maximum Gasteiger partial charge on any atom is 0.416 e. The summed E-state index contributed by atoms with van der Waals surface area (Å²) in [4.78, 5) is 21.8. The fraction of sp³-hybridized carbons (Fsp3) is 0.250. The van der Waals surface area contributed by atoms with Crippen molar-refractivity contribution in [3.05, 3.63) is 87.7 Å². The highest BCUT2D eigenvalue weighted by Crippen LogP contribution is 2.33. The SMILES string of the molecule is Cc1ccc(C[C@H](CON)NC(=O)c2cc(Cl)ncc2Oc2cccc(C(F)(F)F)c2)c(C)c1. The lowest BCUT2D eigenvalue weighted by Gasteiger charge is -2.20.